The average molecular weight is 259 g/mol. The van der Waals surface area contributed by atoms with Gasteiger partial charge >= 0.3 is 0 Å². The third kappa shape index (κ3) is 2.28. The van der Waals surface area contributed by atoms with E-state index in [0.717, 1.165) is 24.5 Å². The Labute approximate surface area is 112 Å². The lowest BCUT2D eigenvalue weighted by Crippen LogP contribution is -2.41. The molecule has 0 saturated carbocycles. The Morgan fingerprint density at radius 1 is 1.05 bits per heavy atom. The Bertz CT molecular complexity index is 499. The summed E-state index contributed by atoms with van der Waals surface area (Å²) in [6.07, 6.45) is 0.744. The third-order valence-corrected chi connectivity index (χ3v) is 3.69. The van der Waals surface area contributed by atoms with Gasteiger partial charge in [0.25, 0.3) is 0 Å². The summed E-state index contributed by atoms with van der Waals surface area (Å²) in [4.78, 5) is 26.8. The van der Waals surface area contributed by atoms with Crippen molar-refractivity contribution in [3.05, 3.63) is 24.3 Å². The largest absolute Gasteiger partial charge is 0.382 e. The van der Waals surface area contributed by atoms with Gasteiger partial charge in [-0.1, -0.05) is 12.1 Å². The van der Waals surface area contributed by atoms with Crippen molar-refractivity contribution in [1.29, 1.82) is 0 Å². The highest BCUT2D eigenvalue weighted by atomic mass is 16.2. The number of hydrogen-bond donors (Lipinski definition) is 1. The molecular formula is C14H17N3O2. The molecule has 0 bridgehead atoms. The Kier molecular flexibility index (Phi) is 3.11. The summed E-state index contributed by atoms with van der Waals surface area (Å²) < 4.78 is 0. The molecule has 5 heteroatoms. The van der Waals surface area contributed by atoms with Gasteiger partial charge in [0.15, 0.2) is 0 Å². The summed E-state index contributed by atoms with van der Waals surface area (Å²) in [6, 6.07) is 8.12. The van der Waals surface area contributed by atoms with Gasteiger partial charge in [-0.2, -0.15) is 0 Å². The molecule has 0 unspecified atom stereocenters. The van der Waals surface area contributed by atoms with E-state index in [9.17, 15) is 9.59 Å². The van der Waals surface area contributed by atoms with Crippen molar-refractivity contribution in [2.45, 2.75) is 12.8 Å². The summed E-state index contributed by atoms with van der Waals surface area (Å²) in [7, 11) is 0. The zero-order valence-corrected chi connectivity index (χ0v) is 10.8. The van der Waals surface area contributed by atoms with Crippen molar-refractivity contribution in [1.82, 2.24) is 4.90 Å². The van der Waals surface area contributed by atoms with Crippen molar-refractivity contribution < 1.29 is 9.59 Å². The second-order valence-corrected chi connectivity index (χ2v) is 4.87. The average Bonchev–Trinajstić information content (AvgIpc) is 2.76. The van der Waals surface area contributed by atoms with E-state index in [1.54, 1.807) is 0 Å². The highest BCUT2D eigenvalue weighted by Crippen LogP contribution is 2.28. The lowest BCUT2D eigenvalue weighted by atomic mass is 10.2. The van der Waals surface area contributed by atoms with Gasteiger partial charge < -0.3 is 10.2 Å². The van der Waals surface area contributed by atoms with Crippen LogP contribution in [-0.2, 0) is 9.59 Å². The second-order valence-electron chi connectivity index (χ2n) is 4.87. The molecule has 0 radical (unpaired) electrons. The number of fused-ring (bicyclic) bond motifs is 1. The third-order valence-electron chi connectivity index (χ3n) is 3.69. The first-order valence-corrected chi connectivity index (χ1v) is 6.67. The van der Waals surface area contributed by atoms with E-state index in [1.165, 1.54) is 4.90 Å². The van der Waals surface area contributed by atoms with Gasteiger partial charge in [0.2, 0.25) is 11.8 Å². The van der Waals surface area contributed by atoms with Gasteiger partial charge in [0.1, 0.15) is 0 Å². The summed E-state index contributed by atoms with van der Waals surface area (Å²) in [6.45, 7) is 2.98. The smallest absolute Gasteiger partial charge is 0.229 e. The number of carbonyl (C=O) groups is 2. The summed E-state index contributed by atoms with van der Waals surface area (Å²) >= 11 is 0. The molecule has 3 rings (SSSR count). The van der Waals surface area contributed by atoms with Crippen LogP contribution in [0.4, 0.5) is 11.4 Å². The summed E-state index contributed by atoms with van der Waals surface area (Å²) in [5.74, 6) is -0.0677. The predicted molar refractivity (Wildman–Crippen MR) is 73.1 cm³/mol. The number of imide groups is 1. The second kappa shape index (κ2) is 4.91. The molecule has 0 aromatic heterocycles. The molecule has 0 aliphatic carbocycles. The topological polar surface area (TPSA) is 52.7 Å². The van der Waals surface area contributed by atoms with Gasteiger partial charge in [-0.15, -0.1) is 0 Å². The van der Waals surface area contributed by atoms with Gasteiger partial charge in [-0.25, -0.2) is 0 Å². The lowest BCUT2D eigenvalue weighted by Gasteiger charge is -2.32. The number of anilines is 2. The highest BCUT2D eigenvalue weighted by Gasteiger charge is 2.29. The number of carbonyl (C=O) groups excluding carboxylic acids is 2. The van der Waals surface area contributed by atoms with Crippen molar-refractivity contribution in [2.75, 3.05) is 36.4 Å². The first-order valence-electron chi connectivity index (χ1n) is 6.67. The van der Waals surface area contributed by atoms with Crippen LogP contribution < -0.4 is 10.2 Å². The molecule has 1 aromatic rings. The molecule has 2 heterocycles. The minimum atomic E-state index is -0.0339. The normalized spacial score (nSPS) is 18.5. The summed E-state index contributed by atoms with van der Waals surface area (Å²) in [5, 5.41) is 3.35. The molecule has 0 atom stereocenters. The van der Waals surface area contributed by atoms with Gasteiger partial charge in [0, 0.05) is 39.0 Å². The molecule has 2 aliphatic rings. The maximum Gasteiger partial charge on any atom is 0.229 e. The van der Waals surface area contributed by atoms with Crippen LogP contribution in [0.1, 0.15) is 12.8 Å². The minimum absolute atomic E-state index is 0.0339. The zero-order valence-electron chi connectivity index (χ0n) is 10.8. The van der Waals surface area contributed by atoms with Crippen LogP contribution in [0.3, 0.4) is 0 Å². The number of nitrogens with zero attached hydrogens (tertiary/aromatic N) is 2. The van der Waals surface area contributed by atoms with Crippen molar-refractivity contribution in [3.63, 3.8) is 0 Å². The fourth-order valence-electron chi connectivity index (χ4n) is 2.67. The molecule has 100 valence electrons. The Morgan fingerprint density at radius 2 is 1.79 bits per heavy atom. The van der Waals surface area contributed by atoms with Crippen molar-refractivity contribution in [2.24, 2.45) is 0 Å². The summed E-state index contributed by atoms with van der Waals surface area (Å²) in [5.41, 5.74) is 2.26. The van der Waals surface area contributed by atoms with E-state index in [0.29, 0.717) is 25.9 Å². The fraction of sp³-hybridized carbons (Fsp3) is 0.429. The molecule has 1 fully saturated rings. The standard InChI is InChI=1S/C14H17N3O2/c18-13-5-6-14(19)17(13)10-9-16-8-7-15-11-3-1-2-4-12(11)16/h1-4,15H,5-10H2. The fourth-order valence-corrected chi connectivity index (χ4v) is 2.67. The zero-order chi connectivity index (χ0) is 13.2. The predicted octanol–water partition coefficient (Wildman–Crippen LogP) is 1.07. The number of para-hydroxylation sites is 2. The maximum absolute atomic E-state index is 11.6. The van der Waals surface area contributed by atoms with Crippen LogP contribution in [0.2, 0.25) is 0 Å². The van der Waals surface area contributed by atoms with E-state index in [-0.39, 0.29) is 11.8 Å². The van der Waals surface area contributed by atoms with Crippen LogP contribution in [-0.4, -0.2) is 42.9 Å². The van der Waals surface area contributed by atoms with Crippen LogP contribution >= 0.6 is 0 Å². The van der Waals surface area contributed by atoms with Crippen LogP contribution in [0.5, 0.6) is 0 Å². The van der Waals surface area contributed by atoms with Gasteiger partial charge in [-0.05, 0) is 12.1 Å². The number of hydrogen-bond acceptors (Lipinski definition) is 4. The number of nitrogens with one attached hydrogen (secondary N) is 1. The number of benzene rings is 1. The molecule has 1 saturated heterocycles. The van der Waals surface area contributed by atoms with E-state index >= 15 is 0 Å². The van der Waals surface area contributed by atoms with Crippen LogP contribution in [0.15, 0.2) is 24.3 Å². The molecular weight excluding hydrogens is 242 g/mol. The van der Waals surface area contributed by atoms with E-state index in [2.05, 4.69) is 16.3 Å². The van der Waals surface area contributed by atoms with Crippen LogP contribution in [0.25, 0.3) is 0 Å². The molecule has 2 amide bonds. The van der Waals surface area contributed by atoms with E-state index in [4.69, 9.17) is 0 Å². The highest BCUT2D eigenvalue weighted by molar-refractivity contribution is 6.01. The molecule has 1 aromatic carbocycles. The van der Waals surface area contributed by atoms with Gasteiger partial charge in [0.05, 0.1) is 11.4 Å². The van der Waals surface area contributed by atoms with E-state index < -0.39 is 0 Å². The van der Waals surface area contributed by atoms with Crippen LogP contribution in [0, 0.1) is 0 Å². The minimum Gasteiger partial charge on any atom is -0.382 e. The Morgan fingerprint density at radius 3 is 2.58 bits per heavy atom. The Balaban J connectivity index is 1.68. The Hall–Kier alpha value is -2.04. The van der Waals surface area contributed by atoms with E-state index in [1.807, 2.05) is 18.2 Å². The molecule has 2 aliphatic heterocycles. The molecule has 5 nitrogen and oxygen atoms in total. The maximum atomic E-state index is 11.6. The molecule has 19 heavy (non-hydrogen) atoms. The molecule has 0 spiro atoms. The first kappa shape index (κ1) is 12.0. The van der Waals surface area contributed by atoms with Crippen molar-refractivity contribution >= 4 is 23.2 Å². The lowest BCUT2D eigenvalue weighted by molar-refractivity contribution is -0.138. The molecule has 1 N–H and O–H groups in total. The monoisotopic (exact) mass is 259 g/mol. The number of amides is 2. The SMILES string of the molecule is O=C1CCC(=O)N1CCN1CCNc2ccccc21. The van der Waals surface area contributed by atoms with Gasteiger partial charge in [-0.3, -0.25) is 14.5 Å². The first-order chi connectivity index (χ1) is 9.25. The van der Waals surface area contributed by atoms with Crippen molar-refractivity contribution in [3.8, 4) is 0 Å². The number of likely N-dealkylation sites (tertiary alicyclic amines) is 1. The quantitative estimate of drug-likeness (QED) is 0.825. The number of rotatable bonds is 3.